The van der Waals surface area contributed by atoms with E-state index in [0.717, 1.165) is 28.3 Å². The van der Waals surface area contributed by atoms with E-state index in [1.807, 2.05) is 42.6 Å². The highest BCUT2D eigenvalue weighted by Crippen LogP contribution is 2.35. The number of pyridine rings is 1. The summed E-state index contributed by atoms with van der Waals surface area (Å²) in [5.41, 5.74) is 4.51. The second kappa shape index (κ2) is 6.84. The molecule has 5 nitrogen and oxygen atoms in total. The van der Waals surface area contributed by atoms with Crippen LogP contribution < -0.4 is 4.74 Å². The van der Waals surface area contributed by atoms with Crippen molar-refractivity contribution >= 4 is 28.8 Å². The fraction of sp³-hybridized carbons (Fsp3) is 0.316. The van der Waals surface area contributed by atoms with Crippen molar-refractivity contribution in [3.63, 3.8) is 0 Å². The summed E-state index contributed by atoms with van der Waals surface area (Å²) in [5.74, 6) is 1.57. The second-order valence-corrected chi connectivity index (χ2v) is 6.79. The molecule has 0 N–H and O–H groups in total. The zero-order chi connectivity index (χ0) is 18.1. The van der Waals surface area contributed by atoms with Crippen molar-refractivity contribution in [2.75, 3.05) is 7.11 Å². The molecule has 0 fully saturated rings. The lowest BCUT2D eigenvalue weighted by molar-refractivity contribution is 0.416. The molecular weight excluding hydrogens is 336 g/mol. The summed E-state index contributed by atoms with van der Waals surface area (Å²) in [5, 5.41) is 9.56. The molecule has 0 aliphatic rings. The number of benzene rings is 1. The number of aromatic nitrogens is 2. The van der Waals surface area contributed by atoms with Gasteiger partial charge < -0.3 is 4.74 Å². The molecule has 0 bridgehead atoms. The molecular formula is C19H21ClN4O. The molecule has 0 unspecified atom stereocenters. The monoisotopic (exact) mass is 356 g/mol. The summed E-state index contributed by atoms with van der Waals surface area (Å²) in [7, 11) is 1.59. The zero-order valence-electron chi connectivity index (χ0n) is 15.0. The van der Waals surface area contributed by atoms with Gasteiger partial charge in [0, 0.05) is 17.3 Å². The molecule has 0 amide bonds. The van der Waals surface area contributed by atoms with E-state index in [4.69, 9.17) is 21.3 Å². The molecule has 130 valence electrons. The number of halogens is 1. The molecule has 0 saturated heterocycles. The van der Waals surface area contributed by atoms with Crippen molar-refractivity contribution in [2.24, 2.45) is 10.2 Å². The van der Waals surface area contributed by atoms with Crippen LogP contribution in [0.2, 0.25) is 5.02 Å². The highest BCUT2D eigenvalue weighted by atomic mass is 35.5. The zero-order valence-corrected chi connectivity index (χ0v) is 15.8. The highest BCUT2D eigenvalue weighted by molar-refractivity contribution is 6.31. The topological polar surface area (TPSA) is 51.2 Å². The summed E-state index contributed by atoms with van der Waals surface area (Å²) in [6, 6.07) is 7.70. The van der Waals surface area contributed by atoms with Crippen LogP contribution in [0.25, 0.3) is 5.65 Å². The van der Waals surface area contributed by atoms with Crippen LogP contribution in [0.5, 0.6) is 5.75 Å². The standard InChI is InChI=1S/C19H21ClN4O/c1-11(2)18-19(24-7-6-12(3)8-17(24)21-18)23-22-15-9-13(4)14(20)10-16(15)25-5/h6-11H,1-5H3. The number of azo groups is 1. The first kappa shape index (κ1) is 17.4. The molecule has 25 heavy (non-hydrogen) atoms. The SMILES string of the molecule is COc1cc(Cl)c(C)cc1N=Nc1c(C(C)C)nc2cc(C)ccn12. The first-order chi connectivity index (χ1) is 11.9. The molecule has 1 aromatic carbocycles. The fourth-order valence-corrected chi connectivity index (χ4v) is 2.78. The van der Waals surface area contributed by atoms with Crippen molar-refractivity contribution in [3.8, 4) is 5.75 Å². The minimum Gasteiger partial charge on any atom is -0.494 e. The van der Waals surface area contributed by atoms with Gasteiger partial charge in [0.25, 0.3) is 0 Å². The van der Waals surface area contributed by atoms with E-state index >= 15 is 0 Å². The minimum absolute atomic E-state index is 0.239. The van der Waals surface area contributed by atoms with Crippen molar-refractivity contribution in [2.45, 2.75) is 33.6 Å². The fourth-order valence-electron chi connectivity index (χ4n) is 2.63. The van der Waals surface area contributed by atoms with Crippen LogP contribution >= 0.6 is 11.6 Å². The summed E-state index contributed by atoms with van der Waals surface area (Å²) < 4.78 is 7.33. The van der Waals surface area contributed by atoms with Gasteiger partial charge >= 0.3 is 0 Å². The Morgan fingerprint density at radius 2 is 1.92 bits per heavy atom. The Labute approximate surface area is 152 Å². The Balaban J connectivity index is 2.13. The van der Waals surface area contributed by atoms with Crippen LogP contribution in [-0.2, 0) is 0 Å². The quantitative estimate of drug-likeness (QED) is 0.526. The van der Waals surface area contributed by atoms with Gasteiger partial charge in [-0.1, -0.05) is 25.4 Å². The largest absolute Gasteiger partial charge is 0.494 e. The lowest BCUT2D eigenvalue weighted by atomic mass is 10.1. The maximum absolute atomic E-state index is 6.16. The van der Waals surface area contributed by atoms with Crippen LogP contribution in [0.1, 0.15) is 36.6 Å². The molecule has 0 radical (unpaired) electrons. The summed E-state index contributed by atoms with van der Waals surface area (Å²) >= 11 is 6.16. The average Bonchev–Trinajstić information content (AvgIpc) is 2.93. The lowest BCUT2D eigenvalue weighted by Crippen LogP contribution is -1.88. The molecule has 2 aromatic heterocycles. The Hall–Kier alpha value is -2.40. The third-order valence-electron chi connectivity index (χ3n) is 4.04. The van der Waals surface area contributed by atoms with Gasteiger partial charge in [0.2, 0.25) is 0 Å². The highest BCUT2D eigenvalue weighted by Gasteiger charge is 2.15. The molecule has 0 saturated carbocycles. The molecule has 0 atom stereocenters. The third-order valence-corrected chi connectivity index (χ3v) is 4.45. The molecule has 6 heteroatoms. The van der Waals surface area contributed by atoms with Crippen LogP contribution in [0.15, 0.2) is 40.7 Å². The van der Waals surface area contributed by atoms with E-state index in [1.54, 1.807) is 13.2 Å². The van der Waals surface area contributed by atoms with Crippen LogP contribution in [0, 0.1) is 13.8 Å². The third kappa shape index (κ3) is 3.37. The summed E-state index contributed by atoms with van der Waals surface area (Å²) in [4.78, 5) is 4.72. The van der Waals surface area contributed by atoms with Crippen LogP contribution in [0.4, 0.5) is 11.5 Å². The average molecular weight is 357 g/mol. The molecule has 3 aromatic rings. The molecule has 2 heterocycles. The van der Waals surface area contributed by atoms with Crippen LogP contribution in [0.3, 0.4) is 0 Å². The predicted octanol–water partition coefficient (Wildman–Crippen LogP) is 6.15. The Bertz CT molecular complexity index is 960. The van der Waals surface area contributed by atoms with Crippen LogP contribution in [-0.4, -0.2) is 16.5 Å². The van der Waals surface area contributed by atoms with Gasteiger partial charge in [-0.3, -0.25) is 4.40 Å². The number of ether oxygens (including phenoxy) is 1. The van der Waals surface area contributed by atoms with Gasteiger partial charge in [0.1, 0.15) is 17.1 Å². The summed E-state index contributed by atoms with van der Waals surface area (Å²) in [6.45, 7) is 8.17. The molecule has 0 spiro atoms. The smallest absolute Gasteiger partial charge is 0.183 e. The molecule has 0 aliphatic carbocycles. The van der Waals surface area contributed by atoms with E-state index in [9.17, 15) is 0 Å². The van der Waals surface area contributed by atoms with E-state index < -0.39 is 0 Å². The van der Waals surface area contributed by atoms with Gasteiger partial charge in [0.15, 0.2) is 5.82 Å². The maximum Gasteiger partial charge on any atom is 0.183 e. The minimum atomic E-state index is 0.239. The van der Waals surface area contributed by atoms with Crippen molar-refractivity contribution in [1.82, 2.24) is 9.38 Å². The summed E-state index contributed by atoms with van der Waals surface area (Å²) in [6.07, 6.45) is 1.97. The van der Waals surface area contributed by atoms with E-state index in [-0.39, 0.29) is 5.92 Å². The molecule has 3 rings (SSSR count). The maximum atomic E-state index is 6.16. The number of hydrogen-bond donors (Lipinski definition) is 0. The van der Waals surface area contributed by atoms with Gasteiger partial charge in [-0.05, 0) is 49.1 Å². The van der Waals surface area contributed by atoms with Crippen molar-refractivity contribution < 1.29 is 4.74 Å². The van der Waals surface area contributed by atoms with E-state index in [0.29, 0.717) is 16.5 Å². The van der Waals surface area contributed by atoms with Crippen molar-refractivity contribution in [1.29, 1.82) is 0 Å². The number of nitrogens with zero attached hydrogens (tertiary/aromatic N) is 4. The molecule has 0 aliphatic heterocycles. The van der Waals surface area contributed by atoms with E-state index in [1.165, 1.54) is 0 Å². The van der Waals surface area contributed by atoms with E-state index in [2.05, 4.69) is 24.1 Å². The number of aryl methyl sites for hydroxylation is 2. The number of methoxy groups -OCH3 is 1. The first-order valence-electron chi connectivity index (χ1n) is 8.15. The number of hydrogen-bond acceptors (Lipinski definition) is 4. The Morgan fingerprint density at radius 3 is 2.60 bits per heavy atom. The second-order valence-electron chi connectivity index (χ2n) is 6.38. The Kier molecular flexibility index (Phi) is 4.77. The normalized spacial score (nSPS) is 11.8. The number of rotatable bonds is 4. The number of imidazole rings is 1. The Morgan fingerprint density at radius 1 is 1.16 bits per heavy atom. The lowest BCUT2D eigenvalue weighted by Gasteiger charge is -2.07. The van der Waals surface area contributed by atoms with Gasteiger partial charge in [-0.2, -0.15) is 0 Å². The van der Waals surface area contributed by atoms with Gasteiger partial charge in [0.05, 0.1) is 12.8 Å². The van der Waals surface area contributed by atoms with Gasteiger partial charge in [-0.25, -0.2) is 4.98 Å². The van der Waals surface area contributed by atoms with Crippen molar-refractivity contribution in [3.05, 3.63) is 52.3 Å². The first-order valence-corrected chi connectivity index (χ1v) is 8.53. The van der Waals surface area contributed by atoms with Gasteiger partial charge in [-0.15, -0.1) is 10.2 Å². The number of fused-ring (bicyclic) bond motifs is 1. The predicted molar refractivity (Wildman–Crippen MR) is 101 cm³/mol.